The fraction of sp³-hybridized carbons (Fsp3) is 0.429. The lowest BCUT2D eigenvalue weighted by Crippen LogP contribution is -2.08. The molecule has 0 nitrogen and oxygen atoms in total. The Morgan fingerprint density at radius 2 is 1.57 bits per heavy atom. The molecule has 0 aliphatic rings. The van der Waals surface area contributed by atoms with Gasteiger partial charge in [0.25, 0.3) is 0 Å². The van der Waals surface area contributed by atoms with E-state index in [0.717, 1.165) is 12.8 Å². The molecule has 0 bridgehead atoms. The van der Waals surface area contributed by atoms with Gasteiger partial charge in [-0.2, -0.15) is 0 Å². The van der Waals surface area contributed by atoms with Crippen LogP contribution in [0.15, 0.2) is 24.3 Å². The Bertz CT molecular complexity index is 317. The fourth-order valence-corrected chi connectivity index (χ4v) is 1.51. The third-order valence-corrected chi connectivity index (χ3v) is 2.06. The van der Waals surface area contributed by atoms with Gasteiger partial charge >= 0.3 is 0 Å². The first-order valence-corrected chi connectivity index (χ1v) is 5.02. The van der Waals surface area contributed by atoms with Crippen LogP contribution < -0.4 is 0 Å². The molecule has 1 aromatic rings. The Kier molecular flexibility index (Phi) is 3.36. The summed E-state index contributed by atoms with van der Waals surface area (Å²) >= 11 is 0. The lowest BCUT2D eigenvalue weighted by molar-refractivity contribution is 0.411. The summed E-state index contributed by atoms with van der Waals surface area (Å²) in [6.07, 6.45) is 7.10. The van der Waals surface area contributed by atoms with Gasteiger partial charge in [-0.1, -0.05) is 45.0 Å². The quantitative estimate of drug-likeness (QED) is 0.621. The van der Waals surface area contributed by atoms with E-state index in [4.69, 9.17) is 6.42 Å². The predicted octanol–water partition coefficient (Wildman–Crippen LogP) is 3.45. The van der Waals surface area contributed by atoms with Crippen LogP contribution in [-0.2, 0) is 12.8 Å². The van der Waals surface area contributed by atoms with Crippen LogP contribution >= 0.6 is 0 Å². The average Bonchev–Trinajstić information content (AvgIpc) is 2.06. The highest BCUT2D eigenvalue weighted by Crippen LogP contribution is 2.20. The van der Waals surface area contributed by atoms with Crippen molar-refractivity contribution in [1.82, 2.24) is 0 Å². The van der Waals surface area contributed by atoms with Crippen LogP contribution in [0.5, 0.6) is 0 Å². The Balaban J connectivity index is 2.70. The van der Waals surface area contributed by atoms with Crippen molar-refractivity contribution in [1.29, 1.82) is 0 Å². The van der Waals surface area contributed by atoms with Gasteiger partial charge in [-0.05, 0) is 23.0 Å². The highest BCUT2D eigenvalue weighted by atomic mass is 14.2. The highest BCUT2D eigenvalue weighted by molar-refractivity contribution is 5.25. The van der Waals surface area contributed by atoms with Crippen molar-refractivity contribution < 1.29 is 0 Å². The second-order valence-corrected chi connectivity index (χ2v) is 4.93. The van der Waals surface area contributed by atoms with Crippen LogP contribution in [0.3, 0.4) is 0 Å². The standard InChI is InChI=1S/C14H18/c1-5-6-12-7-9-13(10-8-12)11-14(2,3)4/h1,7-10H,6,11H2,2-4H3. The van der Waals surface area contributed by atoms with E-state index >= 15 is 0 Å². The third-order valence-electron chi connectivity index (χ3n) is 2.06. The number of hydrogen-bond acceptors (Lipinski definition) is 0. The van der Waals surface area contributed by atoms with Crippen LogP contribution in [0.4, 0.5) is 0 Å². The van der Waals surface area contributed by atoms with Gasteiger partial charge in [-0.3, -0.25) is 0 Å². The molecular weight excluding hydrogens is 168 g/mol. The number of rotatable bonds is 2. The SMILES string of the molecule is C#CCc1ccc(CC(C)(C)C)cc1. The van der Waals surface area contributed by atoms with Crippen LogP contribution in [0.25, 0.3) is 0 Å². The van der Waals surface area contributed by atoms with Gasteiger partial charge in [-0.25, -0.2) is 0 Å². The lowest BCUT2D eigenvalue weighted by Gasteiger charge is -2.18. The molecule has 0 spiro atoms. The van der Waals surface area contributed by atoms with E-state index in [1.165, 1.54) is 11.1 Å². The largest absolute Gasteiger partial charge is 0.120 e. The summed E-state index contributed by atoms with van der Waals surface area (Å²) in [7, 11) is 0. The molecule has 0 fully saturated rings. The van der Waals surface area contributed by atoms with E-state index in [2.05, 4.69) is 51.0 Å². The van der Waals surface area contributed by atoms with Crippen molar-refractivity contribution >= 4 is 0 Å². The molecule has 0 radical (unpaired) electrons. The van der Waals surface area contributed by atoms with Crippen LogP contribution in [0.2, 0.25) is 0 Å². The molecule has 0 heteroatoms. The lowest BCUT2D eigenvalue weighted by atomic mass is 9.88. The van der Waals surface area contributed by atoms with E-state index in [1.807, 2.05) is 0 Å². The van der Waals surface area contributed by atoms with Crippen molar-refractivity contribution in [2.75, 3.05) is 0 Å². The summed E-state index contributed by atoms with van der Waals surface area (Å²) in [5, 5.41) is 0. The second-order valence-electron chi connectivity index (χ2n) is 4.93. The Morgan fingerprint density at radius 1 is 1.07 bits per heavy atom. The van der Waals surface area contributed by atoms with E-state index in [9.17, 15) is 0 Å². The Hall–Kier alpha value is -1.22. The van der Waals surface area contributed by atoms with E-state index in [-0.39, 0.29) is 0 Å². The first kappa shape index (κ1) is 10.9. The molecule has 0 amide bonds. The minimum atomic E-state index is 0.355. The zero-order chi connectivity index (χ0) is 10.6. The van der Waals surface area contributed by atoms with Gasteiger partial charge in [0.2, 0.25) is 0 Å². The molecule has 0 N–H and O–H groups in total. The first-order chi connectivity index (χ1) is 6.51. The molecule has 1 rings (SSSR count). The molecule has 14 heavy (non-hydrogen) atoms. The molecule has 0 heterocycles. The topological polar surface area (TPSA) is 0 Å². The second kappa shape index (κ2) is 4.33. The maximum atomic E-state index is 5.25. The molecule has 0 aliphatic carbocycles. The summed E-state index contributed by atoms with van der Waals surface area (Å²) in [5.74, 6) is 2.65. The predicted molar refractivity (Wildman–Crippen MR) is 62.1 cm³/mol. The monoisotopic (exact) mass is 186 g/mol. The normalized spacial score (nSPS) is 11.0. The number of hydrogen-bond donors (Lipinski definition) is 0. The average molecular weight is 186 g/mol. The zero-order valence-electron chi connectivity index (χ0n) is 9.30. The Labute approximate surface area is 87.4 Å². The molecule has 0 saturated carbocycles. The maximum Gasteiger partial charge on any atom is 0.0337 e. The van der Waals surface area contributed by atoms with Gasteiger partial charge in [0.1, 0.15) is 0 Å². The summed E-state index contributed by atoms with van der Waals surface area (Å²) in [4.78, 5) is 0. The molecular formula is C14H18. The number of terminal acetylenes is 1. The van der Waals surface area contributed by atoms with E-state index in [1.54, 1.807) is 0 Å². The van der Waals surface area contributed by atoms with Gasteiger partial charge < -0.3 is 0 Å². The van der Waals surface area contributed by atoms with Gasteiger partial charge in [-0.15, -0.1) is 12.3 Å². The van der Waals surface area contributed by atoms with E-state index in [0.29, 0.717) is 5.41 Å². The van der Waals surface area contributed by atoms with Crippen LogP contribution in [-0.4, -0.2) is 0 Å². The number of benzene rings is 1. The minimum Gasteiger partial charge on any atom is -0.120 e. The maximum absolute atomic E-state index is 5.25. The minimum absolute atomic E-state index is 0.355. The molecule has 0 saturated heterocycles. The van der Waals surface area contributed by atoms with Crippen molar-refractivity contribution in [3.05, 3.63) is 35.4 Å². The van der Waals surface area contributed by atoms with Crippen molar-refractivity contribution in [3.63, 3.8) is 0 Å². The van der Waals surface area contributed by atoms with Crippen molar-refractivity contribution in [2.24, 2.45) is 5.41 Å². The molecule has 0 aliphatic heterocycles. The summed E-state index contributed by atoms with van der Waals surface area (Å²) < 4.78 is 0. The molecule has 0 atom stereocenters. The molecule has 0 unspecified atom stereocenters. The summed E-state index contributed by atoms with van der Waals surface area (Å²) in [5.41, 5.74) is 2.97. The van der Waals surface area contributed by atoms with Gasteiger partial charge in [0, 0.05) is 6.42 Å². The zero-order valence-corrected chi connectivity index (χ0v) is 9.30. The molecule has 0 aromatic heterocycles. The summed E-state index contributed by atoms with van der Waals surface area (Å²) in [6.45, 7) is 6.76. The van der Waals surface area contributed by atoms with Crippen LogP contribution in [0.1, 0.15) is 31.9 Å². The molecule has 74 valence electrons. The van der Waals surface area contributed by atoms with Crippen molar-refractivity contribution in [2.45, 2.75) is 33.6 Å². The summed E-state index contributed by atoms with van der Waals surface area (Å²) in [6, 6.07) is 8.61. The first-order valence-electron chi connectivity index (χ1n) is 5.02. The van der Waals surface area contributed by atoms with Crippen LogP contribution in [0, 0.1) is 17.8 Å². The molecule has 1 aromatic carbocycles. The Morgan fingerprint density at radius 3 is 2.00 bits per heavy atom. The third kappa shape index (κ3) is 3.66. The smallest absolute Gasteiger partial charge is 0.0337 e. The highest BCUT2D eigenvalue weighted by Gasteiger charge is 2.10. The fourth-order valence-electron chi connectivity index (χ4n) is 1.51. The van der Waals surface area contributed by atoms with E-state index < -0.39 is 0 Å². The van der Waals surface area contributed by atoms with Gasteiger partial charge in [0.15, 0.2) is 0 Å². The van der Waals surface area contributed by atoms with Gasteiger partial charge in [0.05, 0.1) is 0 Å². The van der Waals surface area contributed by atoms with Crippen molar-refractivity contribution in [3.8, 4) is 12.3 Å².